The van der Waals surface area contributed by atoms with E-state index in [9.17, 15) is 13.2 Å². The maximum absolute atomic E-state index is 12.9. The van der Waals surface area contributed by atoms with Crippen LogP contribution in [0, 0.1) is 0 Å². The van der Waals surface area contributed by atoms with Gasteiger partial charge in [0.05, 0.1) is 23.7 Å². The fraction of sp³-hybridized carbons (Fsp3) is 0.333. The lowest BCUT2D eigenvalue weighted by Gasteiger charge is -2.36. The summed E-state index contributed by atoms with van der Waals surface area (Å²) in [7, 11) is -3.84. The molecular weight excluding hydrogens is 404 g/mol. The molecule has 2 heterocycles. The molecule has 2 aromatic rings. The fourth-order valence-corrected chi connectivity index (χ4v) is 4.74. The van der Waals surface area contributed by atoms with Crippen molar-refractivity contribution >= 4 is 27.6 Å². The van der Waals surface area contributed by atoms with Gasteiger partial charge in [-0.2, -0.15) is 8.42 Å². The number of piperidine rings is 1. The Bertz CT molecular complexity index is 1070. The van der Waals surface area contributed by atoms with Crippen LogP contribution in [0.5, 0.6) is 5.75 Å². The van der Waals surface area contributed by atoms with Gasteiger partial charge < -0.3 is 15.4 Å². The topological polar surface area (TPSA) is 114 Å². The van der Waals surface area contributed by atoms with Gasteiger partial charge in [-0.3, -0.25) is 9.52 Å². The van der Waals surface area contributed by atoms with Crippen molar-refractivity contribution in [3.63, 3.8) is 0 Å². The second kappa shape index (κ2) is 8.35. The number of benzene rings is 2. The van der Waals surface area contributed by atoms with E-state index in [-0.39, 0.29) is 17.8 Å². The van der Waals surface area contributed by atoms with Crippen LogP contribution < -0.4 is 15.2 Å². The van der Waals surface area contributed by atoms with Crippen LogP contribution in [0.2, 0.25) is 0 Å². The Kier molecular flexibility index (Phi) is 5.63. The smallest absolute Gasteiger partial charge is 0.344 e. The first-order chi connectivity index (χ1) is 14.4. The molecule has 9 heteroatoms. The average Bonchev–Trinajstić information content (AvgIpc) is 2.72. The number of fused-ring (bicyclic) bond motifs is 1. The van der Waals surface area contributed by atoms with Gasteiger partial charge in [-0.15, -0.1) is 4.40 Å². The molecule has 0 aliphatic carbocycles. The number of ether oxygens (including phenoxy) is 1. The predicted molar refractivity (Wildman–Crippen MR) is 115 cm³/mol. The van der Waals surface area contributed by atoms with E-state index in [2.05, 4.69) is 9.12 Å². The molecule has 30 heavy (non-hydrogen) atoms. The van der Waals surface area contributed by atoms with Crippen molar-refractivity contribution in [1.82, 2.24) is 4.90 Å². The quantitative estimate of drug-likeness (QED) is 0.757. The van der Waals surface area contributed by atoms with Crippen molar-refractivity contribution in [3.05, 3.63) is 59.7 Å². The third-order valence-corrected chi connectivity index (χ3v) is 6.23. The Balaban J connectivity index is 1.48. The van der Waals surface area contributed by atoms with Crippen LogP contribution in [0.3, 0.4) is 0 Å². The van der Waals surface area contributed by atoms with Crippen LogP contribution in [-0.4, -0.2) is 44.3 Å². The zero-order valence-corrected chi connectivity index (χ0v) is 17.3. The van der Waals surface area contributed by atoms with Gasteiger partial charge in [0.15, 0.2) is 5.84 Å². The van der Waals surface area contributed by atoms with Crippen molar-refractivity contribution in [2.75, 3.05) is 17.9 Å². The standard InChI is InChI=1S/C21H24N4O4S/c22-21-20-17(23-30(27,28)24-21)10-6-11-18(20)29-14-16-9-4-5-12-25(16)19(26)13-15-7-2-1-3-8-15/h1-3,6-8,10-11,16,23H,4-5,9,12-14H2,(H2,22,24)/t16-/m1/s1. The van der Waals surface area contributed by atoms with Gasteiger partial charge in [-0.1, -0.05) is 36.4 Å². The molecule has 1 fully saturated rings. The van der Waals surface area contributed by atoms with Crippen LogP contribution in [0.25, 0.3) is 0 Å². The molecule has 2 aliphatic rings. The summed E-state index contributed by atoms with van der Waals surface area (Å²) in [5, 5.41) is 0. The lowest BCUT2D eigenvalue weighted by Crippen LogP contribution is -2.47. The first-order valence-corrected chi connectivity index (χ1v) is 11.3. The average molecular weight is 429 g/mol. The highest BCUT2D eigenvalue weighted by Crippen LogP contribution is 2.31. The van der Waals surface area contributed by atoms with Crippen molar-refractivity contribution in [2.24, 2.45) is 10.1 Å². The molecule has 1 saturated heterocycles. The van der Waals surface area contributed by atoms with Crippen molar-refractivity contribution in [1.29, 1.82) is 0 Å². The summed E-state index contributed by atoms with van der Waals surface area (Å²) in [6.07, 6.45) is 3.21. The van der Waals surface area contributed by atoms with Gasteiger partial charge >= 0.3 is 10.2 Å². The highest BCUT2D eigenvalue weighted by molar-refractivity contribution is 7.91. The molecule has 2 aliphatic heterocycles. The van der Waals surface area contributed by atoms with Crippen molar-refractivity contribution in [2.45, 2.75) is 31.7 Å². The third kappa shape index (κ3) is 4.40. The van der Waals surface area contributed by atoms with Crippen molar-refractivity contribution < 1.29 is 17.9 Å². The van der Waals surface area contributed by atoms with Crippen molar-refractivity contribution in [3.8, 4) is 5.75 Å². The van der Waals surface area contributed by atoms with E-state index in [1.54, 1.807) is 18.2 Å². The van der Waals surface area contributed by atoms with Gasteiger partial charge in [0.2, 0.25) is 5.91 Å². The van der Waals surface area contributed by atoms with E-state index < -0.39 is 10.2 Å². The molecular formula is C21H24N4O4S. The third-order valence-electron chi connectivity index (χ3n) is 5.32. The van der Waals surface area contributed by atoms with Gasteiger partial charge in [0.1, 0.15) is 12.4 Å². The summed E-state index contributed by atoms with van der Waals surface area (Å²) in [4.78, 5) is 14.8. The number of nitrogens with two attached hydrogens (primary N) is 1. The Morgan fingerprint density at radius 1 is 1.17 bits per heavy atom. The highest BCUT2D eigenvalue weighted by atomic mass is 32.2. The second-order valence-corrected chi connectivity index (χ2v) is 8.78. The van der Waals surface area contributed by atoms with Crippen LogP contribution in [0.4, 0.5) is 5.69 Å². The predicted octanol–water partition coefficient (Wildman–Crippen LogP) is 2.06. The molecule has 4 rings (SSSR count). The molecule has 3 N–H and O–H groups in total. The molecule has 0 aromatic heterocycles. The molecule has 0 saturated carbocycles. The number of amides is 1. The molecule has 8 nitrogen and oxygen atoms in total. The zero-order chi connectivity index (χ0) is 21.1. The Labute approximate surface area is 175 Å². The second-order valence-electron chi connectivity index (χ2n) is 7.44. The van der Waals surface area contributed by atoms with Gasteiger partial charge in [0, 0.05) is 6.54 Å². The number of anilines is 1. The first-order valence-electron chi connectivity index (χ1n) is 9.91. The van der Waals surface area contributed by atoms with E-state index >= 15 is 0 Å². The maximum Gasteiger partial charge on any atom is 0.344 e. The van der Waals surface area contributed by atoms with Crippen LogP contribution >= 0.6 is 0 Å². The molecule has 0 unspecified atom stereocenters. The minimum atomic E-state index is -3.84. The molecule has 1 amide bonds. The number of carbonyl (C=O) groups excluding carboxylic acids is 1. The van der Waals surface area contributed by atoms with E-state index in [0.29, 0.717) is 36.6 Å². The van der Waals surface area contributed by atoms with Gasteiger partial charge in [-0.05, 0) is 37.0 Å². The Morgan fingerprint density at radius 2 is 1.97 bits per heavy atom. The minimum absolute atomic E-state index is 0.0516. The van der Waals surface area contributed by atoms with E-state index in [1.165, 1.54) is 0 Å². The maximum atomic E-state index is 12.9. The first kappa shape index (κ1) is 20.2. The summed E-state index contributed by atoms with van der Waals surface area (Å²) in [5.74, 6) is 0.413. The van der Waals surface area contributed by atoms with Crippen LogP contribution in [-0.2, 0) is 21.4 Å². The summed E-state index contributed by atoms with van der Waals surface area (Å²) in [6.45, 7) is 1.01. The number of nitrogens with one attached hydrogen (secondary N) is 1. The summed E-state index contributed by atoms with van der Waals surface area (Å²) in [6, 6.07) is 14.7. The monoisotopic (exact) mass is 428 g/mol. The number of nitrogens with zero attached hydrogens (tertiary/aromatic N) is 2. The van der Waals surface area contributed by atoms with E-state index in [4.69, 9.17) is 10.5 Å². The van der Waals surface area contributed by atoms with Gasteiger partial charge in [0.25, 0.3) is 0 Å². The lowest BCUT2D eigenvalue weighted by molar-refractivity contribution is -0.134. The largest absolute Gasteiger partial charge is 0.491 e. The zero-order valence-electron chi connectivity index (χ0n) is 16.5. The minimum Gasteiger partial charge on any atom is -0.491 e. The summed E-state index contributed by atoms with van der Waals surface area (Å²) < 4.78 is 35.4. The normalized spacial score (nSPS) is 19.9. The molecule has 2 aromatic carbocycles. The lowest BCUT2D eigenvalue weighted by atomic mass is 10.0. The number of rotatable bonds is 5. The number of likely N-dealkylation sites (tertiary alicyclic amines) is 1. The van der Waals surface area contributed by atoms with Crippen LogP contribution in [0.15, 0.2) is 52.9 Å². The number of carbonyl (C=O) groups is 1. The Hall–Kier alpha value is -3.07. The van der Waals surface area contributed by atoms with E-state index in [0.717, 1.165) is 24.8 Å². The fourth-order valence-electron chi connectivity index (χ4n) is 3.90. The SMILES string of the molecule is NC1=NS(=O)(=O)Nc2cccc(OC[C@H]3CCCCN3C(=O)Cc3ccccc3)c21. The molecule has 1 atom stereocenters. The molecule has 0 radical (unpaired) electrons. The number of hydrogen-bond acceptors (Lipinski definition) is 5. The number of hydrogen-bond donors (Lipinski definition) is 2. The highest BCUT2D eigenvalue weighted by Gasteiger charge is 2.29. The number of amidine groups is 1. The van der Waals surface area contributed by atoms with Crippen LogP contribution in [0.1, 0.15) is 30.4 Å². The molecule has 0 spiro atoms. The van der Waals surface area contributed by atoms with Gasteiger partial charge in [-0.25, -0.2) is 0 Å². The molecule has 158 valence electrons. The van der Waals surface area contributed by atoms with E-state index in [1.807, 2.05) is 35.2 Å². The summed E-state index contributed by atoms with van der Waals surface area (Å²) >= 11 is 0. The summed E-state index contributed by atoms with van der Waals surface area (Å²) in [5.41, 5.74) is 7.62. The Morgan fingerprint density at radius 3 is 2.77 bits per heavy atom. The molecule has 0 bridgehead atoms.